The maximum atomic E-state index is 13.5. The van der Waals surface area contributed by atoms with Gasteiger partial charge in [-0.25, -0.2) is 0 Å². The quantitative estimate of drug-likeness (QED) is 0.494. The number of carboxylic acids is 1. The van der Waals surface area contributed by atoms with Crippen molar-refractivity contribution >= 4 is 41.1 Å². The van der Waals surface area contributed by atoms with E-state index in [0.29, 0.717) is 17.4 Å². The topological polar surface area (TPSA) is 88.3 Å². The number of amides is 1. The highest BCUT2D eigenvalue weighted by molar-refractivity contribution is 8.00. The second-order valence-corrected chi connectivity index (χ2v) is 9.39. The normalized spacial score (nSPS) is 15.4. The lowest BCUT2D eigenvalue weighted by Gasteiger charge is -2.37. The fraction of sp³-hybridized carbons (Fsp3) is 0.304. The summed E-state index contributed by atoms with van der Waals surface area (Å²) >= 11 is 2.99. The van der Waals surface area contributed by atoms with Gasteiger partial charge >= 0.3 is 5.97 Å². The second kappa shape index (κ2) is 10.2. The first-order chi connectivity index (χ1) is 15.6. The molecule has 0 aliphatic carbocycles. The molecular formula is C23H24N4O3S2. The van der Waals surface area contributed by atoms with Gasteiger partial charge in [0.2, 0.25) is 5.91 Å². The Morgan fingerprint density at radius 3 is 2.62 bits per heavy atom. The van der Waals surface area contributed by atoms with E-state index in [0.717, 1.165) is 28.3 Å². The molecule has 1 atom stereocenters. The summed E-state index contributed by atoms with van der Waals surface area (Å²) in [5.74, 6) is 0.547. The minimum absolute atomic E-state index is 0.0430. The number of hydrogen-bond acceptors (Lipinski definition) is 6. The first kappa shape index (κ1) is 22.4. The molecule has 2 heterocycles. The molecule has 1 aliphatic heterocycles. The van der Waals surface area contributed by atoms with E-state index >= 15 is 0 Å². The molecule has 1 N–H and O–H groups in total. The third-order valence-electron chi connectivity index (χ3n) is 5.17. The van der Waals surface area contributed by atoms with E-state index in [-0.39, 0.29) is 24.2 Å². The molecule has 0 saturated carbocycles. The van der Waals surface area contributed by atoms with Crippen molar-refractivity contribution in [2.75, 3.05) is 16.4 Å². The van der Waals surface area contributed by atoms with Crippen molar-refractivity contribution in [3.63, 3.8) is 0 Å². The third kappa shape index (κ3) is 4.83. The molecule has 0 bridgehead atoms. The van der Waals surface area contributed by atoms with Crippen LogP contribution in [0.2, 0.25) is 0 Å². The molecule has 0 radical (unpaired) electrons. The third-order valence-corrected chi connectivity index (χ3v) is 7.26. The zero-order valence-corrected chi connectivity index (χ0v) is 19.3. The van der Waals surface area contributed by atoms with Crippen LogP contribution in [0.25, 0.3) is 0 Å². The van der Waals surface area contributed by atoms with Crippen molar-refractivity contribution < 1.29 is 14.7 Å². The zero-order chi connectivity index (χ0) is 22.5. The Hall–Kier alpha value is -2.78. The van der Waals surface area contributed by atoms with Gasteiger partial charge in [-0.2, -0.15) is 0 Å². The van der Waals surface area contributed by atoms with E-state index in [9.17, 15) is 14.7 Å². The highest BCUT2D eigenvalue weighted by Gasteiger charge is 2.32. The molecular weight excluding hydrogens is 444 g/mol. The maximum absolute atomic E-state index is 13.5. The molecule has 0 unspecified atom stereocenters. The summed E-state index contributed by atoms with van der Waals surface area (Å²) in [6.45, 7) is 1.79. The van der Waals surface area contributed by atoms with Crippen LogP contribution in [0.3, 0.4) is 0 Å². The lowest BCUT2D eigenvalue weighted by Crippen LogP contribution is -2.39. The molecule has 7 nitrogen and oxygen atoms in total. The molecule has 32 heavy (non-hydrogen) atoms. The SMILES string of the molecule is CCCc1nnc(SCC(=O)N2c3ccccc3SC[C@H]2c2ccccc2)n1CC(=O)O. The molecule has 1 aromatic heterocycles. The number of carboxylic acid groups (broad SMARTS) is 1. The Balaban J connectivity index is 1.59. The Bertz CT molecular complexity index is 1100. The van der Waals surface area contributed by atoms with Crippen molar-refractivity contribution in [3.8, 4) is 0 Å². The number of hydrogen-bond donors (Lipinski definition) is 1. The fourth-order valence-corrected chi connectivity index (χ4v) is 5.73. The van der Waals surface area contributed by atoms with Crippen LogP contribution in [-0.4, -0.2) is 43.3 Å². The largest absolute Gasteiger partial charge is 0.480 e. The molecule has 3 aromatic rings. The van der Waals surface area contributed by atoms with Gasteiger partial charge < -0.3 is 10.0 Å². The van der Waals surface area contributed by atoms with Crippen molar-refractivity contribution in [2.45, 2.75) is 42.4 Å². The van der Waals surface area contributed by atoms with E-state index in [1.807, 2.05) is 66.4 Å². The average Bonchev–Trinajstić information content (AvgIpc) is 3.18. The van der Waals surface area contributed by atoms with Gasteiger partial charge in [-0.15, -0.1) is 22.0 Å². The molecule has 1 aliphatic rings. The highest BCUT2D eigenvalue weighted by Crippen LogP contribution is 2.43. The van der Waals surface area contributed by atoms with Crippen LogP contribution < -0.4 is 4.90 Å². The predicted molar refractivity (Wildman–Crippen MR) is 126 cm³/mol. The van der Waals surface area contributed by atoms with Crippen LogP contribution in [0.1, 0.15) is 30.8 Å². The summed E-state index contributed by atoms with van der Waals surface area (Å²) < 4.78 is 1.60. The lowest BCUT2D eigenvalue weighted by atomic mass is 10.1. The molecule has 0 fully saturated rings. The van der Waals surface area contributed by atoms with Crippen molar-refractivity contribution in [1.82, 2.24) is 14.8 Å². The summed E-state index contributed by atoms with van der Waals surface area (Å²) in [6.07, 6.45) is 1.48. The monoisotopic (exact) mass is 468 g/mol. The Kier molecular flexibility index (Phi) is 7.16. The van der Waals surface area contributed by atoms with Gasteiger partial charge in [0.15, 0.2) is 5.16 Å². The first-order valence-electron chi connectivity index (χ1n) is 10.4. The Morgan fingerprint density at radius 2 is 1.88 bits per heavy atom. The number of rotatable bonds is 8. The molecule has 4 rings (SSSR count). The molecule has 166 valence electrons. The smallest absolute Gasteiger partial charge is 0.323 e. The number of nitrogens with zero attached hydrogens (tertiary/aromatic N) is 4. The van der Waals surface area contributed by atoms with E-state index in [4.69, 9.17) is 0 Å². The average molecular weight is 469 g/mol. The van der Waals surface area contributed by atoms with E-state index in [1.54, 1.807) is 16.3 Å². The van der Waals surface area contributed by atoms with Gasteiger partial charge in [-0.05, 0) is 24.1 Å². The van der Waals surface area contributed by atoms with Gasteiger partial charge in [0.05, 0.1) is 17.5 Å². The van der Waals surface area contributed by atoms with Gasteiger partial charge in [0.1, 0.15) is 12.4 Å². The summed E-state index contributed by atoms with van der Waals surface area (Å²) in [7, 11) is 0. The number of benzene rings is 2. The molecule has 0 spiro atoms. The standard InChI is InChI=1S/C23H24N4O3S2/c1-2-8-20-24-25-23(26(20)13-22(29)30)32-15-21(28)27-17-11-6-7-12-19(17)31-14-18(27)16-9-4-3-5-10-16/h3-7,9-12,18H,2,8,13-15H2,1H3,(H,29,30)/t18-/m0/s1. The van der Waals surface area contributed by atoms with Crippen LogP contribution in [0.4, 0.5) is 5.69 Å². The Morgan fingerprint density at radius 1 is 1.12 bits per heavy atom. The number of aryl methyl sites for hydroxylation is 1. The van der Waals surface area contributed by atoms with E-state index in [2.05, 4.69) is 10.2 Å². The number of thioether (sulfide) groups is 2. The lowest BCUT2D eigenvalue weighted by molar-refractivity contribution is -0.137. The second-order valence-electron chi connectivity index (χ2n) is 7.39. The van der Waals surface area contributed by atoms with Crippen LogP contribution in [0.5, 0.6) is 0 Å². The molecule has 2 aromatic carbocycles. The van der Waals surface area contributed by atoms with Crippen LogP contribution in [-0.2, 0) is 22.6 Å². The van der Waals surface area contributed by atoms with Crippen LogP contribution >= 0.6 is 23.5 Å². The zero-order valence-electron chi connectivity index (χ0n) is 17.7. The number of aliphatic carboxylic acids is 1. The molecule has 1 amide bonds. The summed E-state index contributed by atoms with van der Waals surface area (Å²) in [4.78, 5) is 27.8. The summed E-state index contributed by atoms with van der Waals surface area (Å²) in [5.41, 5.74) is 1.99. The summed E-state index contributed by atoms with van der Waals surface area (Å²) in [5, 5.41) is 18.1. The van der Waals surface area contributed by atoms with Gasteiger partial charge in [0.25, 0.3) is 0 Å². The van der Waals surface area contributed by atoms with Gasteiger partial charge in [-0.1, -0.05) is 61.2 Å². The van der Waals surface area contributed by atoms with Gasteiger partial charge in [-0.3, -0.25) is 14.2 Å². The van der Waals surface area contributed by atoms with Crippen molar-refractivity contribution in [1.29, 1.82) is 0 Å². The maximum Gasteiger partial charge on any atom is 0.323 e. The number of fused-ring (bicyclic) bond motifs is 1. The molecule has 0 saturated heterocycles. The van der Waals surface area contributed by atoms with Crippen molar-refractivity contribution in [2.24, 2.45) is 0 Å². The number of aromatic nitrogens is 3. The first-order valence-corrected chi connectivity index (χ1v) is 12.4. The van der Waals surface area contributed by atoms with E-state index < -0.39 is 5.97 Å². The van der Waals surface area contributed by atoms with Crippen molar-refractivity contribution in [3.05, 3.63) is 66.0 Å². The highest BCUT2D eigenvalue weighted by atomic mass is 32.2. The fourth-order valence-electron chi connectivity index (χ4n) is 3.74. The van der Waals surface area contributed by atoms with Crippen LogP contribution in [0, 0.1) is 0 Å². The number of carbonyl (C=O) groups excluding carboxylic acids is 1. The number of para-hydroxylation sites is 1. The number of carbonyl (C=O) groups is 2. The minimum Gasteiger partial charge on any atom is -0.480 e. The predicted octanol–water partition coefficient (Wildman–Crippen LogP) is 4.29. The molecule has 9 heteroatoms. The van der Waals surface area contributed by atoms with Crippen LogP contribution in [0.15, 0.2) is 64.6 Å². The summed E-state index contributed by atoms with van der Waals surface area (Å²) in [6, 6.07) is 17.9. The van der Waals surface area contributed by atoms with E-state index in [1.165, 1.54) is 11.8 Å². The minimum atomic E-state index is -0.957. The number of anilines is 1. The van der Waals surface area contributed by atoms with Gasteiger partial charge in [0, 0.05) is 17.1 Å². The Labute approximate surface area is 195 Å².